The van der Waals surface area contributed by atoms with Crippen LogP contribution in [0.1, 0.15) is 15.2 Å². The lowest BCUT2D eigenvalue weighted by molar-refractivity contribution is 0.0644. The average Bonchev–Trinajstić information content (AvgIpc) is 2.93. The summed E-state index contributed by atoms with van der Waals surface area (Å²) < 4.78 is 18.0. The third-order valence-electron chi connectivity index (χ3n) is 3.56. The Balaban J connectivity index is 2.27. The molecule has 0 radical (unpaired) electrons. The largest absolute Gasteiger partial charge is 0.412 e. The van der Waals surface area contributed by atoms with Gasteiger partial charge in [-0.2, -0.15) is 0 Å². The molecule has 4 N–H and O–H groups in total. The number of ether oxygens (including phenoxy) is 1. The number of thioether (sulfide) groups is 1. The number of rotatable bonds is 3. The van der Waals surface area contributed by atoms with Gasteiger partial charge in [0.15, 0.2) is 5.16 Å². The predicted molar refractivity (Wildman–Crippen MR) is 98.7 cm³/mol. The summed E-state index contributed by atoms with van der Waals surface area (Å²) in [5.74, 6) is -1.29. The normalized spacial score (nSPS) is 10.9. The molecule has 26 heavy (non-hydrogen) atoms. The Kier molecular flexibility index (Phi) is 4.79. The Morgan fingerprint density at radius 3 is 2.65 bits per heavy atom. The zero-order valence-electron chi connectivity index (χ0n) is 13.7. The van der Waals surface area contributed by atoms with Gasteiger partial charge in [0.25, 0.3) is 0 Å². The molecular weight excluding hydrogens is 379 g/mol. The van der Waals surface area contributed by atoms with Crippen molar-refractivity contribution in [3.05, 3.63) is 34.5 Å². The minimum absolute atomic E-state index is 0.00596. The van der Waals surface area contributed by atoms with Crippen molar-refractivity contribution < 1.29 is 18.7 Å². The Labute approximate surface area is 155 Å². The van der Waals surface area contributed by atoms with Crippen LogP contribution in [0, 0.1) is 12.7 Å². The predicted octanol–water partition coefficient (Wildman–Crippen LogP) is 3.35. The molecule has 7 nitrogen and oxygen atoms in total. The van der Waals surface area contributed by atoms with Gasteiger partial charge in [0, 0.05) is 5.56 Å². The zero-order chi connectivity index (χ0) is 19.0. The number of primary amides is 1. The second-order valence-electron chi connectivity index (χ2n) is 5.26. The van der Waals surface area contributed by atoms with E-state index in [-0.39, 0.29) is 16.4 Å². The first-order valence-corrected chi connectivity index (χ1v) is 9.28. The van der Waals surface area contributed by atoms with E-state index in [0.29, 0.717) is 32.2 Å². The maximum atomic E-state index is 13.6. The van der Waals surface area contributed by atoms with E-state index in [1.54, 1.807) is 25.3 Å². The molecule has 1 amide bonds. The summed E-state index contributed by atoms with van der Waals surface area (Å²) in [6, 6.07) is 4.55. The summed E-state index contributed by atoms with van der Waals surface area (Å²) >= 11 is 2.29. The highest BCUT2D eigenvalue weighted by Gasteiger charge is 2.24. The van der Waals surface area contributed by atoms with E-state index >= 15 is 0 Å². The molecule has 0 aliphatic rings. The molecular formula is C16H13FN4O3S2. The number of esters is 1. The van der Waals surface area contributed by atoms with Gasteiger partial charge < -0.3 is 16.2 Å². The van der Waals surface area contributed by atoms with Crippen molar-refractivity contribution >= 4 is 51.1 Å². The van der Waals surface area contributed by atoms with Crippen molar-refractivity contribution in [2.75, 3.05) is 12.0 Å². The first-order chi connectivity index (χ1) is 12.3. The van der Waals surface area contributed by atoms with E-state index in [1.807, 2.05) is 0 Å². The summed E-state index contributed by atoms with van der Waals surface area (Å²) in [6.45, 7) is 1.64. The van der Waals surface area contributed by atoms with E-state index in [2.05, 4.69) is 14.7 Å². The molecule has 2 aromatic heterocycles. The van der Waals surface area contributed by atoms with Crippen LogP contribution in [-0.2, 0) is 4.74 Å². The first kappa shape index (κ1) is 18.1. The Morgan fingerprint density at radius 2 is 2.04 bits per heavy atom. The molecule has 2 heterocycles. The number of fused-ring (bicyclic) bond motifs is 1. The molecule has 0 unspecified atom stereocenters. The standard InChI is InChI=1S/C16H13FN4O3S2/c1-6-5-7(3-4-8(6)17)11-9-10(18)12(14(22)24-15(19)23)26-13(9)21-16(20-11)25-2/h3-5H,18H2,1-2H3,(H2,19,23). The van der Waals surface area contributed by atoms with E-state index in [0.717, 1.165) is 11.3 Å². The van der Waals surface area contributed by atoms with Gasteiger partial charge in [-0.1, -0.05) is 11.8 Å². The van der Waals surface area contributed by atoms with Gasteiger partial charge in [0.1, 0.15) is 15.5 Å². The summed E-state index contributed by atoms with van der Waals surface area (Å²) in [4.78, 5) is 32.2. The quantitative estimate of drug-likeness (QED) is 0.303. The second-order valence-corrected chi connectivity index (χ2v) is 7.03. The molecule has 134 valence electrons. The van der Waals surface area contributed by atoms with E-state index in [4.69, 9.17) is 11.5 Å². The maximum absolute atomic E-state index is 13.6. The number of nitrogens with zero attached hydrogens (tertiary/aromatic N) is 2. The summed E-state index contributed by atoms with van der Waals surface area (Å²) in [6.07, 6.45) is 0.581. The summed E-state index contributed by atoms with van der Waals surface area (Å²) in [7, 11) is 0. The summed E-state index contributed by atoms with van der Waals surface area (Å²) in [5, 5.41) is 0.903. The number of hydrogen-bond acceptors (Lipinski definition) is 8. The van der Waals surface area contributed by atoms with Crippen LogP contribution in [0.3, 0.4) is 0 Å². The third-order valence-corrected chi connectivity index (χ3v) is 5.19. The van der Waals surface area contributed by atoms with Gasteiger partial charge in [-0.25, -0.2) is 23.9 Å². The Hall–Kier alpha value is -2.72. The van der Waals surface area contributed by atoms with Crippen molar-refractivity contribution in [2.45, 2.75) is 12.1 Å². The van der Waals surface area contributed by atoms with E-state index < -0.39 is 12.1 Å². The fourth-order valence-corrected chi connectivity index (χ4v) is 3.78. The maximum Gasteiger partial charge on any atom is 0.412 e. The number of carbonyl (C=O) groups excluding carboxylic acids is 2. The lowest BCUT2D eigenvalue weighted by atomic mass is 10.1. The molecule has 3 aromatic rings. The van der Waals surface area contributed by atoms with Crippen LogP contribution in [0.15, 0.2) is 23.4 Å². The first-order valence-electron chi connectivity index (χ1n) is 7.24. The molecule has 0 atom stereocenters. The molecule has 10 heteroatoms. The molecule has 0 aliphatic carbocycles. The molecule has 0 bridgehead atoms. The minimum atomic E-state index is -1.22. The van der Waals surface area contributed by atoms with Crippen LogP contribution in [0.4, 0.5) is 14.9 Å². The fraction of sp³-hybridized carbons (Fsp3) is 0.125. The van der Waals surface area contributed by atoms with Gasteiger partial charge in [-0.3, -0.25) is 0 Å². The van der Waals surface area contributed by atoms with E-state index in [1.165, 1.54) is 17.8 Å². The number of aryl methyl sites for hydroxylation is 1. The van der Waals surface area contributed by atoms with Crippen molar-refractivity contribution in [1.82, 2.24) is 9.97 Å². The van der Waals surface area contributed by atoms with Crippen LogP contribution in [0.2, 0.25) is 0 Å². The van der Waals surface area contributed by atoms with Crippen LogP contribution < -0.4 is 11.5 Å². The van der Waals surface area contributed by atoms with Crippen molar-refractivity contribution in [3.63, 3.8) is 0 Å². The van der Waals surface area contributed by atoms with Gasteiger partial charge in [-0.15, -0.1) is 11.3 Å². The molecule has 1 aromatic carbocycles. The van der Waals surface area contributed by atoms with Crippen molar-refractivity contribution in [1.29, 1.82) is 0 Å². The number of benzene rings is 1. The topological polar surface area (TPSA) is 121 Å². The molecule has 0 fully saturated rings. The van der Waals surface area contributed by atoms with Gasteiger partial charge in [-0.05, 0) is 36.9 Å². The molecule has 0 aliphatic heterocycles. The third kappa shape index (κ3) is 3.20. The highest BCUT2D eigenvalue weighted by molar-refractivity contribution is 7.98. The second kappa shape index (κ2) is 6.89. The number of halogens is 1. The van der Waals surface area contributed by atoms with Gasteiger partial charge in [0.2, 0.25) is 0 Å². The van der Waals surface area contributed by atoms with E-state index in [9.17, 15) is 14.0 Å². The fourth-order valence-electron chi connectivity index (χ4n) is 2.38. The van der Waals surface area contributed by atoms with Crippen molar-refractivity contribution in [2.24, 2.45) is 5.73 Å². The highest BCUT2D eigenvalue weighted by atomic mass is 32.2. The highest BCUT2D eigenvalue weighted by Crippen LogP contribution is 2.39. The van der Waals surface area contributed by atoms with Crippen LogP contribution in [0.25, 0.3) is 21.5 Å². The number of carbonyl (C=O) groups is 2. The van der Waals surface area contributed by atoms with Gasteiger partial charge in [0.05, 0.1) is 16.8 Å². The number of nitrogens with two attached hydrogens (primary N) is 2. The molecule has 0 saturated heterocycles. The average molecular weight is 392 g/mol. The van der Waals surface area contributed by atoms with Gasteiger partial charge >= 0.3 is 12.1 Å². The number of nitrogen functional groups attached to an aromatic ring is 1. The number of hydrogen-bond donors (Lipinski definition) is 2. The van der Waals surface area contributed by atoms with Crippen molar-refractivity contribution in [3.8, 4) is 11.3 Å². The Morgan fingerprint density at radius 1 is 1.31 bits per heavy atom. The zero-order valence-corrected chi connectivity index (χ0v) is 15.3. The number of thiophene rings is 1. The lowest BCUT2D eigenvalue weighted by Crippen LogP contribution is -2.18. The van der Waals surface area contributed by atoms with Crippen LogP contribution in [0.5, 0.6) is 0 Å². The lowest BCUT2D eigenvalue weighted by Gasteiger charge is -2.07. The number of anilines is 1. The SMILES string of the molecule is CSc1nc(-c2ccc(F)c(C)c2)c2c(N)c(C(=O)OC(N)=O)sc2n1. The molecule has 0 spiro atoms. The summed E-state index contributed by atoms with van der Waals surface area (Å²) in [5.41, 5.74) is 12.6. The van der Waals surface area contributed by atoms with Crippen LogP contribution in [-0.4, -0.2) is 28.3 Å². The number of amides is 1. The smallest absolute Gasteiger partial charge is 0.397 e. The monoisotopic (exact) mass is 392 g/mol. The molecule has 0 saturated carbocycles. The number of aromatic nitrogens is 2. The minimum Gasteiger partial charge on any atom is -0.397 e. The van der Waals surface area contributed by atoms with Crippen LogP contribution >= 0.6 is 23.1 Å². The molecule has 3 rings (SSSR count). The Bertz CT molecular complexity index is 1050.